The Morgan fingerprint density at radius 3 is 2.71 bits per heavy atom. The van der Waals surface area contributed by atoms with Crippen LogP contribution in [0.1, 0.15) is 0 Å². The van der Waals surface area contributed by atoms with Crippen LogP contribution in [0, 0.1) is 6.07 Å². The maximum atomic E-state index is 4.15. The number of pyridine rings is 1. The van der Waals surface area contributed by atoms with E-state index in [-0.39, 0.29) is 0 Å². The molecule has 65 valence electrons. The van der Waals surface area contributed by atoms with E-state index < -0.39 is 0 Å². The molecular weight excluding hydrogens is 170 g/mol. The van der Waals surface area contributed by atoms with Gasteiger partial charge in [0.25, 0.3) is 0 Å². The molecule has 0 aliphatic heterocycles. The van der Waals surface area contributed by atoms with Crippen molar-refractivity contribution in [1.29, 1.82) is 0 Å². The van der Waals surface area contributed by atoms with Crippen LogP contribution in [0.4, 0.5) is 0 Å². The van der Waals surface area contributed by atoms with E-state index in [9.17, 15) is 0 Å². The predicted molar refractivity (Wildman–Crippen MR) is 58.1 cm³/mol. The lowest BCUT2D eigenvalue weighted by Crippen LogP contribution is -1.78. The Hall–Kier alpha value is -1.89. The van der Waals surface area contributed by atoms with Crippen molar-refractivity contribution in [1.82, 2.24) is 4.98 Å². The van der Waals surface area contributed by atoms with E-state index in [2.05, 4.69) is 29.2 Å². The first-order valence-electron chi connectivity index (χ1n) is 4.58. The first-order valence-corrected chi connectivity index (χ1v) is 4.58. The molecule has 14 heavy (non-hydrogen) atoms. The van der Waals surface area contributed by atoms with Crippen molar-refractivity contribution < 1.29 is 0 Å². The van der Waals surface area contributed by atoms with E-state index in [1.807, 2.05) is 30.6 Å². The summed E-state index contributed by atoms with van der Waals surface area (Å²) in [5.41, 5.74) is 0. The molecule has 1 aromatic heterocycles. The lowest BCUT2D eigenvalue weighted by molar-refractivity contribution is 1.37. The molecule has 0 amide bonds. The summed E-state index contributed by atoms with van der Waals surface area (Å²) < 4.78 is 0. The molecule has 0 spiro atoms. The maximum Gasteiger partial charge on any atom is 0.0352 e. The van der Waals surface area contributed by atoms with Crippen LogP contribution in [0.15, 0.2) is 48.8 Å². The SMILES string of the molecule is [c]1ccc2ccc3ccncc3c2c1. The molecule has 0 aliphatic rings. The quantitative estimate of drug-likeness (QED) is 0.482. The second kappa shape index (κ2) is 2.81. The van der Waals surface area contributed by atoms with Gasteiger partial charge in [-0.3, -0.25) is 4.98 Å². The standard InChI is InChI=1S/C13H8N/c1-2-4-12-10(3-1)5-6-11-7-8-14-9-13(11)12/h1,3-9H. The van der Waals surface area contributed by atoms with Crippen molar-refractivity contribution in [3.05, 3.63) is 54.9 Å². The van der Waals surface area contributed by atoms with E-state index in [4.69, 9.17) is 0 Å². The molecule has 1 nitrogen and oxygen atoms in total. The van der Waals surface area contributed by atoms with Gasteiger partial charge in [0.1, 0.15) is 0 Å². The molecule has 1 heterocycles. The average Bonchev–Trinajstić information content (AvgIpc) is 2.29. The highest BCUT2D eigenvalue weighted by Crippen LogP contribution is 2.23. The van der Waals surface area contributed by atoms with Crippen LogP contribution >= 0.6 is 0 Å². The third-order valence-electron chi connectivity index (χ3n) is 2.49. The Morgan fingerprint density at radius 1 is 0.929 bits per heavy atom. The molecule has 0 atom stereocenters. The third kappa shape index (κ3) is 0.990. The molecule has 0 bridgehead atoms. The van der Waals surface area contributed by atoms with E-state index in [1.165, 1.54) is 21.5 Å². The predicted octanol–water partition coefficient (Wildman–Crippen LogP) is 3.19. The Bertz CT molecular complexity index is 544. The zero-order chi connectivity index (χ0) is 9.38. The minimum atomic E-state index is 1.20. The molecule has 0 saturated heterocycles. The molecule has 0 fully saturated rings. The fourth-order valence-electron chi connectivity index (χ4n) is 1.78. The minimum Gasteiger partial charge on any atom is -0.264 e. The largest absolute Gasteiger partial charge is 0.264 e. The van der Waals surface area contributed by atoms with Gasteiger partial charge in [-0.1, -0.05) is 24.3 Å². The average molecular weight is 178 g/mol. The van der Waals surface area contributed by atoms with Crippen LogP contribution in [0.25, 0.3) is 21.5 Å². The van der Waals surface area contributed by atoms with Crippen molar-refractivity contribution >= 4 is 21.5 Å². The summed E-state index contributed by atoms with van der Waals surface area (Å²) in [6, 6.07) is 15.4. The summed E-state index contributed by atoms with van der Waals surface area (Å²) in [5, 5.41) is 4.89. The summed E-state index contributed by atoms with van der Waals surface area (Å²) in [5.74, 6) is 0. The van der Waals surface area contributed by atoms with Gasteiger partial charge in [0, 0.05) is 17.8 Å². The van der Waals surface area contributed by atoms with Gasteiger partial charge in [-0.25, -0.2) is 0 Å². The Kier molecular flexibility index (Phi) is 1.51. The van der Waals surface area contributed by atoms with E-state index in [0.29, 0.717) is 0 Å². The van der Waals surface area contributed by atoms with Crippen LogP contribution < -0.4 is 0 Å². The van der Waals surface area contributed by atoms with Gasteiger partial charge in [-0.15, -0.1) is 0 Å². The Labute approximate surface area is 82.0 Å². The van der Waals surface area contributed by atoms with Crippen molar-refractivity contribution in [2.75, 3.05) is 0 Å². The topological polar surface area (TPSA) is 12.9 Å². The summed E-state index contributed by atoms with van der Waals surface area (Å²) in [6.45, 7) is 0. The zero-order valence-electron chi connectivity index (χ0n) is 7.57. The number of fused-ring (bicyclic) bond motifs is 3. The van der Waals surface area contributed by atoms with Gasteiger partial charge in [0.05, 0.1) is 0 Å². The first kappa shape index (κ1) is 7.51. The fraction of sp³-hybridized carbons (Fsp3) is 0. The molecule has 0 aliphatic carbocycles. The van der Waals surface area contributed by atoms with Gasteiger partial charge < -0.3 is 0 Å². The second-order valence-electron chi connectivity index (χ2n) is 3.31. The van der Waals surface area contributed by atoms with Crippen molar-refractivity contribution in [3.8, 4) is 0 Å². The monoisotopic (exact) mass is 178 g/mol. The minimum absolute atomic E-state index is 1.20. The summed E-state index contributed by atoms with van der Waals surface area (Å²) in [4.78, 5) is 4.15. The van der Waals surface area contributed by atoms with E-state index >= 15 is 0 Å². The second-order valence-corrected chi connectivity index (χ2v) is 3.31. The number of aromatic nitrogens is 1. The smallest absolute Gasteiger partial charge is 0.0352 e. The number of nitrogens with zero attached hydrogens (tertiary/aromatic N) is 1. The van der Waals surface area contributed by atoms with Crippen molar-refractivity contribution in [2.24, 2.45) is 0 Å². The zero-order valence-corrected chi connectivity index (χ0v) is 7.57. The molecule has 0 saturated carbocycles. The molecule has 3 aromatic rings. The Morgan fingerprint density at radius 2 is 1.79 bits per heavy atom. The highest BCUT2D eigenvalue weighted by atomic mass is 14.6. The molecule has 3 rings (SSSR count). The van der Waals surface area contributed by atoms with E-state index in [0.717, 1.165) is 0 Å². The van der Waals surface area contributed by atoms with Crippen molar-refractivity contribution in [2.45, 2.75) is 0 Å². The van der Waals surface area contributed by atoms with Gasteiger partial charge >= 0.3 is 0 Å². The maximum absolute atomic E-state index is 4.15. The lowest BCUT2D eigenvalue weighted by Gasteiger charge is -2.01. The third-order valence-corrected chi connectivity index (χ3v) is 2.49. The highest BCUT2D eigenvalue weighted by Gasteiger charge is 1.98. The molecule has 0 N–H and O–H groups in total. The molecular formula is C13H8N. The van der Waals surface area contributed by atoms with E-state index in [1.54, 1.807) is 0 Å². The number of rotatable bonds is 0. The Balaban J connectivity index is 2.61. The van der Waals surface area contributed by atoms with Crippen LogP contribution in [0.2, 0.25) is 0 Å². The van der Waals surface area contributed by atoms with Gasteiger partial charge in [0.2, 0.25) is 0 Å². The van der Waals surface area contributed by atoms with Crippen LogP contribution in [0.5, 0.6) is 0 Å². The van der Waals surface area contributed by atoms with Crippen LogP contribution in [-0.4, -0.2) is 4.98 Å². The van der Waals surface area contributed by atoms with Crippen LogP contribution in [-0.2, 0) is 0 Å². The first-order chi connectivity index (χ1) is 6.95. The van der Waals surface area contributed by atoms with Gasteiger partial charge in [-0.05, 0) is 34.4 Å². The number of hydrogen-bond acceptors (Lipinski definition) is 1. The number of benzene rings is 2. The normalized spacial score (nSPS) is 10.9. The van der Waals surface area contributed by atoms with Crippen molar-refractivity contribution in [3.63, 3.8) is 0 Å². The lowest BCUT2D eigenvalue weighted by atomic mass is 10.0. The molecule has 2 aromatic carbocycles. The fourth-order valence-corrected chi connectivity index (χ4v) is 1.78. The highest BCUT2D eigenvalue weighted by molar-refractivity contribution is 6.06. The summed E-state index contributed by atoms with van der Waals surface area (Å²) >= 11 is 0. The molecule has 0 unspecified atom stereocenters. The van der Waals surface area contributed by atoms with Gasteiger partial charge in [0.15, 0.2) is 0 Å². The summed E-state index contributed by atoms with van der Waals surface area (Å²) in [6.07, 6.45) is 3.73. The molecule has 1 heteroatoms. The van der Waals surface area contributed by atoms with Gasteiger partial charge in [-0.2, -0.15) is 0 Å². The number of hydrogen-bond donors (Lipinski definition) is 0. The molecule has 1 radical (unpaired) electrons. The van der Waals surface area contributed by atoms with Crippen LogP contribution in [0.3, 0.4) is 0 Å². The summed E-state index contributed by atoms with van der Waals surface area (Å²) in [7, 11) is 0.